The summed E-state index contributed by atoms with van der Waals surface area (Å²) in [5.41, 5.74) is 0.922. The number of fused-ring (bicyclic) bond motifs is 1. The normalized spacial score (nSPS) is 12.5. The van der Waals surface area contributed by atoms with Crippen LogP contribution in [0.2, 0.25) is 0 Å². The van der Waals surface area contributed by atoms with Crippen molar-refractivity contribution in [3.63, 3.8) is 0 Å². The Morgan fingerprint density at radius 1 is 1.08 bits per heavy atom. The molecule has 1 amide bonds. The minimum absolute atomic E-state index is 0.224. The number of carbonyl (C=O) groups is 1. The van der Waals surface area contributed by atoms with Crippen molar-refractivity contribution in [3.05, 3.63) is 66.5 Å². The SMILES string of the molecule is O=C(Nc1ccc2c(c1)OCCO2)c1ccn(COc2ccccc2)n1. The first-order chi connectivity index (χ1) is 12.8. The lowest BCUT2D eigenvalue weighted by Gasteiger charge is -2.18. The summed E-state index contributed by atoms with van der Waals surface area (Å²) < 4.78 is 18.1. The lowest BCUT2D eigenvalue weighted by molar-refractivity contribution is 0.102. The summed E-state index contributed by atoms with van der Waals surface area (Å²) in [6, 6.07) is 16.3. The molecule has 7 heteroatoms. The molecule has 2 heterocycles. The molecule has 0 saturated carbocycles. The van der Waals surface area contributed by atoms with Gasteiger partial charge in [0.05, 0.1) is 0 Å². The second-order valence-electron chi connectivity index (χ2n) is 5.64. The lowest BCUT2D eigenvalue weighted by atomic mass is 10.2. The molecule has 1 aliphatic rings. The predicted octanol–water partition coefficient (Wildman–Crippen LogP) is 2.94. The van der Waals surface area contributed by atoms with Crippen LogP contribution < -0.4 is 19.5 Å². The summed E-state index contributed by atoms with van der Waals surface area (Å²) >= 11 is 0. The third-order valence-corrected chi connectivity index (χ3v) is 3.78. The van der Waals surface area contributed by atoms with Gasteiger partial charge in [-0.15, -0.1) is 0 Å². The summed E-state index contributed by atoms with van der Waals surface area (Å²) in [5, 5.41) is 7.04. The largest absolute Gasteiger partial charge is 0.486 e. The predicted molar refractivity (Wildman–Crippen MR) is 94.7 cm³/mol. The van der Waals surface area contributed by atoms with Crippen molar-refractivity contribution in [2.75, 3.05) is 18.5 Å². The number of benzene rings is 2. The van der Waals surface area contributed by atoms with Crippen molar-refractivity contribution >= 4 is 11.6 Å². The molecule has 132 valence electrons. The van der Waals surface area contributed by atoms with E-state index in [1.807, 2.05) is 30.3 Å². The van der Waals surface area contributed by atoms with E-state index in [1.165, 1.54) is 0 Å². The lowest BCUT2D eigenvalue weighted by Crippen LogP contribution is -2.17. The molecule has 1 aromatic heterocycles. The van der Waals surface area contributed by atoms with E-state index < -0.39 is 0 Å². The molecule has 0 aliphatic carbocycles. The van der Waals surface area contributed by atoms with Crippen LogP contribution in [0.1, 0.15) is 10.5 Å². The highest BCUT2D eigenvalue weighted by molar-refractivity contribution is 6.02. The second-order valence-corrected chi connectivity index (χ2v) is 5.64. The molecule has 7 nitrogen and oxygen atoms in total. The van der Waals surface area contributed by atoms with Crippen LogP contribution in [0.3, 0.4) is 0 Å². The fourth-order valence-corrected chi connectivity index (χ4v) is 2.53. The molecule has 2 aromatic carbocycles. The molecule has 0 bridgehead atoms. The highest BCUT2D eigenvalue weighted by Crippen LogP contribution is 2.32. The number of hydrogen-bond donors (Lipinski definition) is 1. The highest BCUT2D eigenvalue weighted by atomic mass is 16.6. The van der Waals surface area contributed by atoms with Gasteiger partial charge in [0.2, 0.25) is 0 Å². The highest BCUT2D eigenvalue weighted by Gasteiger charge is 2.14. The van der Waals surface area contributed by atoms with Crippen LogP contribution in [0.5, 0.6) is 17.2 Å². The van der Waals surface area contributed by atoms with Crippen molar-refractivity contribution in [3.8, 4) is 17.2 Å². The molecule has 0 radical (unpaired) electrons. The summed E-state index contributed by atoms with van der Waals surface area (Å²) in [6.45, 7) is 1.25. The van der Waals surface area contributed by atoms with E-state index in [0.717, 1.165) is 5.75 Å². The van der Waals surface area contributed by atoms with Gasteiger partial charge >= 0.3 is 0 Å². The second kappa shape index (κ2) is 7.18. The molecular formula is C19H17N3O4. The van der Waals surface area contributed by atoms with Gasteiger partial charge in [-0.1, -0.05) is 18.2 Å². The maximum atomic E-state index is 12.4. The van der Waals surface area contributed by atoms with Crippen LogP contribution in [-0.2, 0) is 6.73 Å². The van der Waals surface area contributed by atoms with Gasteiger partial charge in [-0.2, -0.15) is 5.10 Å². The molecular weight excluding hydrogens is 334 g/mol. The quantitative estimate of drug-likeness (QED) is 0.765. The molecule has 0 fully saturated rings. The van der Waals surface area contributed by atoms with Gasteiger partial charge in [0.25, 0.3) is 5.91 Å². The first-order valence-electron chi connectivity index (χ1n) is 8.20. The zero-order chi connectivity index (χ0) is 17.8. The zero-order valence-corrected chi connectivity index (χ0v) is 13.9. The first kappa shape index (κ1) is 16.0. The van der Waals surface area contributed by atoms with Crippen LogP contribution in [0.25, 0.3) is 0 Å². The van der Waals surface area contributed by atoms with Crippen molar-refractivity contribution in [2.45, 2.75) is 6.73 Å². The number of hydrogen-bond acceptors (Lipinski definition) is 5. The van der Waals surface area contributed by atoms with Crippen molar-refractivity contribution in [1.82, 2.24) is 9.78 Å². The molecule has 4 rings (SSSR count). The van der Waals surface area contributed by atoms with E-state index in [4.69, 9.17) is 14.2 Å². The Labute approximate surface area is 150 Å². The zero-order valence-electron chi connectivity index (χ0n) is 13.9. The average Bonchev–Trinajstić information content (AvgIpc) is 3.16. The molecule has 0 atom stereocenters. The van der Waals surface area contributed by atoms with Gasteiger partial charge in [0, 0.05) is 18.0 Å². The van der Waals surface area contributed by atoms with Gasteiger partial charge in [-0.05, 0) is 30.3 Å². The van der Waals surface area contributed by atoms with Gasteiger partial charge in [-0.25, -0.2) is 4.68 Å². The number of carbonyl (C=O) groups excluding carboxylic acids is 1. The Kier molecular flexibility index (Phi) is 4.42. The minimum atomic E-state index is -0.305. The number of aromatic nitrogens is 2. The number of nitrogens with one attached hydrogen (secondary N) is 1. The van der Waals surface area contributed by atoms with Crippen molar-refractivity contribution < 1.29 is 19.0 Å². The Bertz CT molecular complexity index is 908. The number of ether oxygens (including phenoxy) is 3. The monoisotopic (exact) mass is 351 g/mol. The van der Waals surface area contributed by atoms with E-state index >= 15 is 0 Å². The van der Waals surface area contributed by atoms with Crippen LogP contribution in [0.4, 0.5) is 5.69 Å². The Morgan fingerprint density at radius 3 is 2.73 bits per heavy atom. The average molecular weight is 351 g/mol. The van der Waals surface area contributed by atoms with E-state index in [-0.39, 0.29) is 12.6 Å². The Balaban J connectivity index is 1.38. The number of nitrogens with zero attached hydrogens (tertiary/aromatic N) is 2. The van der Waals surface area contributed by atoms with Gasteiger partial charge in [0.15, 0.2) is 23.9 Å². The Morgan fingerprint density at radius 2 is 1.88 bits per heavy atom. The minimum Gasteiger partial charge on any atom is -0.486 e. The van der Waals surface area contributed by atoms with Gasteiger partial charge in [0.1, 0.15) is 19.0 Å². The maximum Gasteiger partial charge on any atom is 0.276 e. The molecule has 0 saturated heterocycles. The Hall–Kier alpha value is -3.48. The third-order valence-electron chi connectivity index (χ3n) is 3.78. The van der Waals surface area contributed by atoms with Crippen LogP contribution >= 0.6 is 0 Å². The van der Waals surface area contributed by atoms with Crippen LogP contribution in [-0.4, -0.2) is 28.9 Å². The number of amides is 1. The topological polar surface area (TPSA) is 74.6 Å². The maximum absolute atomic E-state index is 12.4. The molecule has 0 spiro atoms. The third kappa shape index (κ3) is 3.61. The van der Waals surface area contributed by atoms with E-state index in [2.05, 4.69) is 10.4 Å². The van der Waals surface area contributed by atoms with Crippen LogP contribution in [0, 0.1) is 0 Å². The molecule has 26 heavy (non-hydrogen) atoms. The standard InChI is InChI=1S/C19H17N3O4/c23-19(20-14-6-7-17-18(12-14)25-11-10-24-17)16-8-9-22(21-16)13-26-15-4-2-1-3-5-15/h1-9,12H,10-11,13H2,(H,20,23). The molecule has 3 aromatic rings. The summed E-state index contributed by atoms with van der Waals surface area (Å²) in [4.78, 5) is 12.4. The fraction of sp³-hybridized carbons (Fsp3) is 0.158. The molecule has 1 aliphatic heterocycles. The van der Waals surface area contributed by atoms with Crippen molar-refractivity contribution in [2.24, 2.45) is 0 Å². The number of para-hydroxylation sites is 1. The van der Waals surface area contributed by atoms with Gasteiger partial charge < -0.3 is 19.5 Å². The fourth-order valence-electron chi connectivity index (χ4n) is 2.53. The van der Waals surface area contributed by atoms with Crippen molar-refractivity contribution in [1.29, 1.82) is 0 Å². The van der Waals surface area contributed by atoms with Gasteiger partial charge in [-0.3, -0.25) is 4.79 Å². The molecule has 0 unspecified atom stereocenters. The summed E-state index contributed by atoms with van der Waals surface area (Å²) in [5.74, 6) is 1.73. The number of rotatable bonds is 5. The van der Waals surface area contributed by atoms with Crippen LogP contribution in [0.15, 0.2) is 60.8 Å². The van der Waals surface area contributed by atoms with E-state index in [9.17, 15) is 4.79 Å². The summed E-state index contributed by atoms with van der Waals surface area (Å²) in [6.07, 6.45) is 1.70. The van der Waals surface area contributed by atoms with E-state index in [0.29, 0.717) is 36.1 Å². The smallest absolute Gasteiger partial charge is 0.276 e. The van der Waals surface area contributed by atoms with E-state index in [1.54, 1.807) is 35.1 Å². The first-order valence-corrected chi connectivity index (χ1v) is 8.20. The number of anilines is 1. The molecule has 1 N–H and O–H groups in total. The summed E-state index contributed by atoms with van der Waals surface area (Å²) in [7, 11) is 0.